The smallest absolute Gasteiger partial charge is 0.744 e. The summed E-state index contributed by atoms with van der Waals surface area (Å²) < 4.78 is 31.5. The number of nitro benzene ring substituents is 1. The molecule has 0 heterocycles. The maximum atomic E-state index is 10.5. The first-order valence-corrected chi connectivity index (χ1v) is 4.53. The Bertz CT molecular complexity index is 443. The average molecular weight is 241 g/mol. The van der Waals surface area contributed by atoms with Gasteiger partial charge in [-0.15, -0.1) is 0 Å². The van der Waals surface area contributed by atoms with E-state index in [0.717, 1.165) is 12.1 Å². The predicted molar refractivity (Wildman–Crippen MR) is 41.1 cm³/mol. The molecule has 0 N–H and O–H groups in total. The van der Waals surface area contributed by atoms with Gasteiger partial charge >= 0.3 is 51.4 Å². The molecule has 1 aromatic rings. The third kappa shape index (κ3) is 3.39. The van der Waals surface area contributed by atoms with Crippen LogP contribution in [0.4, 0.5) is 5.69 Å². The van der Waals surface area contributed by atoms with E-state index in [1.54, 1.807) is 0 Å². The summed E-state index contributed by atoms with van der Waals surface area (Å²) in [6.07, 6.45) is 0. The molecule has 0 atom stereocenters. The zero-order chi connectivity index (χ0) is 10.1. The molecule has 0 bridgehead atoms. The summed E-state index contributed by atoms with van der Waals surface area (Å²) in [6.45, 7) is 0. The van der Waals surface area contributed by atoms with E-state index in [1.165, 1.54) is 12.1 Å². The van der Waals surface area contributed by atoms with Crippen LogP contribution in [-0.2, 0) is 10.1 Å². The molecule has 0 radical (unpaired) electrons. The number of hydrogen-bond donors (Lipinski definition) is 0. The molecule has 14 heavy (non-hydrogen) atoms. The number of nitro groups is 1. The van der Waals surface area contributed by atoms with Gasteiger partial charge < -0.3 is 4.55 Å². The van der Waals surface area contributed by atoms with Crippen molar-refractivity contribution in [1.82, 2.24) is 0 Å². The summed E-state index contributed by atoms with van der Waals surface area (Å²) in [7, 11) is -4.77. The summed E-state index contributed by atoms with van der Waals surface area (Å²) in [4.78, 5) is 8.55. The van der Waals surface area contributed by atoms with Crippen LogP contribution < -0.4 is 51.4 Å². The third-order valence-electron chi connectivity index (χ3n) is 1.33. The molecule has 0 aromatic heterocycles. The Hall–Kier alpha value is 0.166. The standard InChI is InChI=1S/C6H5NO5S.K/c8-7(9)5-3-1-2-4-6(5)13(10,11)12;/h1-4H,(H,10,11,12);/q;+1/p-1. The zero-order valence-electron chi connectivity index (χ0n) is 7.21. The minimum absolute atomic E-state index is 0. The number of para-hydroxylation sites is 1. The molecular weight excluding hydrogens is 237 g/mol. The first kappa shape index (κ1) is 14.2. The molecule has 8 heteroatoms. The van der Waals surface area contributed by atoms with Gasteiger partial charge in [-0.1, -0.05) is 12.1 Å². The Labute approximate surface area is 123 Å². The van der Waals surface area contributed by atoms with E-state index in [2.05, 4.69) is 0 Å². The first-order chi connectivity index (χ1) is 5.93. The minimum atomic E-state index is -4.77. The van der Waals surface area contributed by atoms with Gasteiger partial charge in [0.25, 0.3) is 5.69 Å². The number of benzene rings is 1. The van der Waals surface area contributed by atoms with Gasteiger partial charge in [-0.3, -0.25) is 10.1 Å². The van der Waals surface area contributed by atoms with Gasteiger partial charge in [0, 0.05) is 6.07 Å². The fourth-order valence-electron chi connectivity index (χ4n) is 0.819. The summed E-state index contributed by atoms with van der Waals surface area (Å²) in [5.74, 6) is 0. The number of nitrogens with zero attached hydrogens (tertiary/aromatic N) is 1. The molecule has 1 aromatic carbocycles. The van der Waals surface area contributed by atoms with Gasteiger partial charge in [0.15, 0.2) is 0 Å². The third-order valence-corrected chi connectivity index (χ3v) is 2.22. The van der Waals surface area contributed by atoms with Crippen LogP contribution in [0.25, 0.3) is 0 Å². The normalized spacial score (nSPS) is 10.4. The summed E-state index contributed by atoms with van der Waals surface area (Å²) in [5, 5.41) is 10.3. The van der Waals surface area contributed by atoms with Crippen molar-refractivity contribution in [1.29, 1.82) is 0 Å². The van der Waals surface area contributed by atoms with Crippen LogP contribution in [0.3, 0.4) is 0 Å². The Kier molecular flexibility index (Phi) is 5.37. The van der Waals surface area contributed by atoms with Gasteiger partial charge in [-0.05, 0) is 6.07 Å². The second-order valence-corrected chi connectivity index (χ2v) is 3.53. The van der Waals surface area contributed by atoms with E-state index >= 15 is 0 Å². The van der Waals surface area contributed by atoms with Gasteiger partial charge in [0.2, 0.25) is 0 Å². The summed E-state index contributed by atoms with van der Waals surface area (Å²) in [6, 6.07) is 4.40. The van der Waals surface area contributed by atoms with Gasteiger partial charge in [0.1, 0.15) is 15.0 Å². The van der Waals surface area contributed by atoms with Crippen LogP contribution in [0.2, 0.25) is 0 Å². The van der Waals surface area contributed by atoms with Crippen molar-refractivity contribution < 1.29 is 69.3 Å². The van der Waals surface area contributed by atoms with E-state index in [9.17, 15) is 23.1 Å². The van der Waals surface area contributed by atoms with Crippen LogP contribution in [0, 0.1) is 10.1 Å². The maximum absolute atomic E-state index is 10.5. The Morgan fingerprint density at radius 3 is 2.07 bits per heavy atom. The van der Waals surface area contributed by atoms with Gasteiger partial charge in [0.05, 0.1) is 4.92 Å². The van der Waals surface area contributed by atoms with Crippen molar-refractivity contribution in [2.75, 3.05) is 0 Å². The first-order valence-electron chi connectivity index (χ1n) is 3.12. The molecule has 6 nitrogen and oxygen atoms in total. The minimum Gasteiger partial charge on any atom is -0.744 e. The second-order valence-electron chi connectivity index (χ2n) is 2.18. The molecule has 70 valence electrons. The Morgan fingerprint density at radius 1 is 1.21 bits per heavy atom. The molecule has 0 aliphatic carbocycles. The monoisotopic (exact) mass is 241 g/mol. The van der Waals surface area contributed by atoms with Crippen molar-refractivity contribution in [2.45, 2.75) is 4.90 Å². The Balaban J connectivity index is 0.00000169. The predicted octanol–water partition coefficient (Wildman–Crippen LogP) is -2.50. The van der Waals surface area contributed by atoms with Crippen LogP contribution in [0.15, 0.2) is 29.2 Å². The molecule has 1 rings (SSSR count). The fourth-order valence-corrected chi connectivity index (χ4v) is 1.46. The second kappa shape index (κ2) is 5.31. The number of hydrogen-bond acceptors (Lipinski definition) is 5. The molecule has 0 aliphatic rings. The molecular formula is C6H4KNO5S. The van der Waals surface area contributed by atoms with E-state index < -0.39 is 25.6 Å². The van der Waals surface area contributed by atoms with Gasteiger partial charge in [-0.25, -0.2) is 8.42 Å². The summed E-state index contributed by atoms with van der Waals surface area (Å²) in [5.41, 5.74) is -0.697. The van der Waals surface area contributed by atoms with E-state index in [0.29, 0.717) is 0 Å². The van der Waals surface area contributed by atoms with E-state index in [4.69, 9.17) is 0 Å². The van der Waals surface area contributed by atoms with Crippen LogP contribution >= 0.6 is 0 Å². The van der Waals surface area contributed by atoms with E-state index in [-0.39, 0.29) is 51.4 Å². The molecule has 0 aliphatic heterocycles. The zero-order valence-corrected chi connectivity index (χ0v) is 11.1. The maximum Gasteiger partial charge on any atom is 1.00 e. The van der Waals surface area contributed by atoms with Crippen LogP contribution in [0.1, 0.15) is 0 Å². The molecule has 0 unspecified atom stereocenters. The molecule has 0 fully saturated rings. The van der Waals surface area contributed by atoms with Crippen LogP contribution in [0.5, 0.6) is 0 Å². The average Bonchev–Trinajstić information content (AvgIpc) is 2.03. The van der Waals surface area contributed by atoms with Gasteiger partial charge in [-0.2, -0.15) is 0 Å². The van der Waals surface area contributed by atoms with Crippen molar-refractivity contribution in [3.8, 4) is 0 Å². The van der Waals surface area contributed by atoms with Crippen molar-refractivity contribution in [3.05, 3.63) is 34.4 Å². The quantitative estimate of drug-likeness (QED) is 0.247. The van der Waals surface area contributed by atoms with Crippen molar-refractivity contribution in [2.24, 2.45) is 0 Å². The SMILES string of the molecule is O=[N+]([O-])c1ccccc1S(=O)(=O)[O-].[K+]. The molecule has 0 saturated carbocycles. The molecule has 0 saturated heterocycles. The van der Waals surface area contributed by atoms with E-state index in [1.807, 2.05) is 0 Å². The topological polar surface area (TPSA) is 100 Å². The molecule has 0 amide bonds. The van der Waals surface area contributed by atoms with Crippen LogP contribution in [-0.4, -0.2) is 17.9 Å². The largest absolute Gasteiger partial charge is 1.00 e. The van der Waals surface area contributed by atoms with Crippen molar-refractivity contribution in [3.63, 3.8) is 0 Å². The van der Waals surface area contributed by atoms with Crippen molar-refractivity contribution >= 4 is 15.8 Å². The summed E-state index contributed by atoms with van der Waals surface area (Å²) >= 11 is 0. The Morgan fingerprint density at radius 2 is 1.71 bits per heavy atom. The molecule has 0 spiro atoms. The number of rotatable bonds is 2. The fraction of sp³-hybridized carbons (Fsp3) is 0.